The van der Waals surface area contributed by atoms with Crippen molar-refractivity contribution in [2.75, 3.05) is 33.4 Å². The second-order valence-electron chi connectivity index (χ2n) is 5.95. The molecule has 2 fully saturated rings. The molecule has 2 rings (SSSR count). The number of hydrogen-bond donors (Lipinski definition) is 1. The summed E-state index contributed by atoms with van der Waals surface area (Å²) >= 11 is 0. The van der Waals surface area contributed by atoms with Gasteiger partial charge in [-0.05, 0) is 51.7 Å². The minimum atomic E-state index is 0.601. The highest BCUT2D eigenvalue weighted by Crippen LogP contribution is 2.25. The Morgan fingerprint density at radius 1 is 1.22 bits per heavy atom. The molecule has 2 saturated heterocycles. The Hall–Kier alpha value is -0.120. The fourth-order valence-corrected chi connectivity index (χ4v) is 3.64. The fraction of sp³-hybridized carbons (Fsp3) is 1.00. The molecule has 0 bridgehead atoms. The number of likely N-dealkylation sites (N-methyl/N-ethyl adjacent to an activating group) is 1. The Kier molecular flexibility index (Phi) is 5.93. The number of nitrogens with one attached hydrogen (secondary N) is 1. The minimum absolute atomic E-state index is 0.601. The maximum Gasteiger partial charge on any atom is 0.0637 e. The van der Waals surface area contributed by atoms with E-state index in [-0.39, 0.29) is 0 Å². The molecule has 106 valence electrons. The third kappa shape index (κ3) is 3.69. The van der Waals surface area contributed by atoms with Gasteiger partial charge >= 0.3 is 0 Å². The van der Waals surface area contributed by atoms with Crippen molar-refractivity contribution in [3.8, 4) is 0 Å². The van der Waals surface area contributed by atoms with Gasteiger partial charge in [-0.15, -0.1) is 0 Å². The van der Waals surface area contributed by atoms with E-state index in [9.17, 15) is 0 Å². The summed E-state index contributed by atoms with van der Waals surface area (Å²) in [7, 11) is 2.10. The smallest absolute Gasteiger partial charge is 0.0637 e. The third-order valence-electron chi connectivity index (χ3n) is 4.75. The molecule has 0 spiro atoms. The van der Waals surface area contributed by atoms with Gasteiger partial charge in [-0.3, -0.25) is 4.90 Å². The van der Waals surface area contributed by atoms with Crippen molar-refractivity contribution in [3.63, 3.8) is 0 Å². The lowest BCUT2D eigenvalue weighted by atomic mass is 9.96. The molecule has 2 aliphatic rings. The van der Waals surface area contributed by atoms with Crippen molar-refractivity contribution >= 4 is 0 Å². The first kappa shape index (κ1) is 14.3. The van der Waals surface area contributed by atoms with Crippen LogP contribution in [0.15, 0.2) is 0 Å². The standard InChI is InChI=1S/C15H30N2O/c1-3-5-13-6-4-9-17(10-7-13)15-12-18-11-8-14(15)16-2/h13-16H,3-12H2,1-2H3. The van der Waals surface area contributed by atoms with E-state index in [4.69, 9.17) is 4.74 Å². The highest BCUT2D eigenvalue weighted by molar-refractivity contribution is 4.88. The van der Waals surface area contributed by atoms with Gasteiger partial charge in [-0.2, -0.15) is 0 Å². The summed E-state index contributed by atoms with van der Waals surface area (Å²) in [5.41, 5.74) is 0. The van der Waals surface area contributed by atoms with Crippen LogP contribution in [0.1, 0.15) is 45.4 Å². The van der Waals surface area contributed by atoms with Crippen LogP contribution in [0.3, 0.4) is 0 Å². The van der Waals surface area contributed by atoms with Gasteiger partial charge in [0.15, 0.2) is 0 Å². The maximum atomic E-state index is 5.70. The van der Waals surface area contributed by atoms with Crippen molar-refractivity contribution in [3.05, 3.63) is 0 Å². The van der Waals surface area contributed by atoms with Crippen molar-refractivity contribution in [2.45, 2.75) is 57.5 Å². The van der Waals surface area contributed by atoms with Gasteiger partial charge in [0.1, 0.15) is 0 Å². The maximum absolute atomic E-state index is 5.70. The molecular formula is C15H30N2O. The lowest BCUT2D eigenvalue weighted by Crippen LogP contribution is -2.54. The molecule has 3 atom stereocenters. The zero-order chi connectivity index (χ0) is 12.8. The molecule has 18 heavy (non-hydrogen) atoms. The quantitative estimate of drug-likeness (QED) is 0.833. The molecule has 0 aromatic heterocycles. The van der Waals surface area contributed by atoms with E-state index >= 15 is 0 Å². The molecule has 3 heteroatoms. The van der Waals surface area contributed by atoms with Gasteiger partial charge in [-0.25, -0.2) is 0 Å². The number of likely N-dealkylation sites (tertiary alicyclic amines) is 1. The Morgan fingerprint density at radius 3 is 2.89 bits per heavy atom. The Balaban J connectivity index is 1.87. The van der Waals surface area contributed by atoms with Crippen LogP contribution >= 0.6 is 0 Å². The molecule has 0 aromatic carbocycles. The first-order valence-corrected chi connectivity index (χ1v) is 7.84. The second kappa shape index (κ2) is 7.46. The first-order chi connectivity index (χ1) is 8.85. The number of hydrogen-bond acceptors (Lipinski definition) is 3. The summed E-state index contributed by atoms with van der Waals surface area (Å²) < 4.78 is 5.70. The summed E-state index contributed by atoms with van der Waals surface area (Å²) in [6.07, 6.45) is 8.12. The van der Waals surface area contributed by atoms with Crippen LogP contribution in [0.4, 0.5) is 0 Å². The molecule has 0 aromatic rings. The highest BCUT2D eigenvalue weighted by Gasteiger charge is 2.30. The molecule has 1 N–H and O–H groups in total. The summed E-state index contributed by atoms with van der Waals surface area (Å²) in [6.45, 7) is 6.70. The van der Waals surface area contributed by atoms with E-state index in [0.717, 1.165) is 25.6 Å². The van der Waals surface area contributed by atoms with Gasteiger partial charge in [0.05, 0.1) is 6.61 Å². The van der Waals surface area contributed by atoms with E-state index in [0.29, 0.717) is 12.1 Å². The number of nitrogens with zero attached hydrogens (tertiary/aromatic N) is 1. The van der Waals surface area contributed by atoms with Gasteiger partial charge in [-0.1, -0.05) is 19.8 Å². The Bertz CT molecular complexity index is 235. The van der Waals surface area contributed by atoms with Crippen molar-refractivity contribution in [1.82, 2.24) is 10.2 Å². The number of ether oxygens (including phenoxy) is 1. The average Bonchev–Trinajstić information content (AvgIpc) is 2.65. The highest BCUT2D eigenvalue weighted by atomic mass is 16.5. The van der Waals surface area contributed by atoms with Crippen molar-refractivity contribution in [2.24, 2.45) is 5.92 Å². The molecule has 3 nitrogen and oxygen atoms in total. The van der Waals surface area contributed by atoms with Crippen molar-refractivity contribution < 1.29 is 4.74 Å². The Morgan fingerprint density at radius 2 is 2.11 bits per heavy atom. The van der Waals surface area contributed by atoms with E-state index in [2.05, 4.69) is 24.2 Å². The zero-order valence-electron chi connectivity index (χ0n) is 12.2. The summed E-state index contributed by atoms with van der Waals surface area (Å²) in [6, 6.07) is 1.23. The van der Waals surface area contributed by atoms with Crippen LogP contribution in [-0.2, 0) is 4.74 Å². The van der Waals surface area contributed by atoms with E-state index in [1.165, 1.54) is 45.2 Å². The molecule has 3 unspecified atom stereocenters. The van der Waals surface area contributed by atoms with Crippen LogP contribution in [0.5, 0.6) is 0 Å². The largest absolute Gasteiger partial charge is 0.380 e. The SMILES string of the molecule is CCCC1CCCN(C2COCCC2NC)CC1. The van der Waals surface area contributed by atoms with Gasteiger partial charge in [0.25, 0.3) is 0 Å². The van der Waals surface area contributed by atoms with Gasteiger partial charge in [0, 0.05) is 18.7 Å². The van der Waals surface area contributed by atoms with E-state index in [1.54, 1.807) is 0 Å². The second-order valence-corrected chi connectivity index (χ2v) is 5.95. The Labute approximate surface area is 112 Å². The van der Waals surface area contributed by atoms with Crippen LogP contribution in [0, 0.1) is 5.92 Å². The van der Waals surface area contributed by atoms with Crippen LogP contribution in [0.25, 0.3) is 0 Å². The third-order valence-corrected chi connectivity index (χ3v) is 4.75. The van der Waals surface area contributed by atoms with Crippen LogP contribution < -0.4 is 5.32 Å². The monoisotopic (exact) mass is 254 g/mol. The van der Waals surface area contributed by atoms with Crippen molar-refractivity contribution in [1.29, 1.82) is 0 Å². The van der Waals surface area contributed by atoms with Crippen LogP contribution in [0.2, 0.25) is 0 Å². The lowest BCUT2D eigenvalue weighted by Gasteiger charge is -2.39. The summed E-state index contributed by atoms with van der Waals surface area (Å²) in [5, 5.41) is 3.49. The zero-order valence-corrected chi connectivity index (χ0v) is 12.2. The lowest BCUT2D eigenvalue weighted by molar-refractivity contribution is -0.000676. The molecule has 0 radical (unpaired) electrons. The molecular weight excluding hydrogens is 224 g/mol. The summed E-state index contributed by atoms with van der Waals surface area (Å²) in [4.78, 5) is 2.69. The minimum Gasteiger partial charge on any atom is -0.380 e. The summed E-state index contributed by atoms with van der Waals surface area (Å²) in [5.74, 6) is 0.970. The van der Waals surface area contributed by atoms with E-state index < -0.39 is 0 Å². The topological polar surface area (TPSA) is 24.5 Å². The van der Waals surface area contributed by atoms with Gasteiger partial charge < -0.3 is 10.1 Å². The van der Waals surface area contributed by atoms with Gasteiger partial charge in [0.2, 0.25) is 0 Å². The number of rotatable bonds is 4. The molecule has 0 amide bonds. The normalized spacial score (nSPS) is 35.3. The first-order valence-electron chi connectivity index (χ1n) is 7.84. The predicted molar refractivity (Wildman–Crippen MR) is 75.9 cm³/mol. The fourth-order valence-electron chi connectivity index (χ4n) is 3.64. The average molecular weight is 254 g/mol. The molecule has 2 heterocycles. The molecule has 0 aliphatic carbocycles. The van der Waals surface area contributed by atoms with Crippen LogP contribution in [-0.4, -0.2) is 50.3 Å². The molecule has 2 aliphatic heterocycles. The van der Waals surface area contributed by atoms with E-state index in [1.807, 2.05) is 0 Å². The predicted octanol–water partition coefficient (Wildman–Crippen LogP) is 2.27. The molecule has 0 saturated carbocycles.